The topological polar surface area (TPSA) is 70.7 Å². The highest BCUT2D eigenvalue weighted by Crippen LogP contribution is 2.24. The zero-order valence-corrected chi connectivity index (χ0v) is 17.1. The fourth-order valence-electron chi connectivity index (χ4n) is 2.38. The summed E-state index contributed by atoms with van der Waals surface area (Å²) in [5.74, 6) is 1.32. The molecular formula is C20H24BrN3O3. The summed E-state index contributed by atoms with van der Waals surface area (Å²) < 4.78 is 6.75. The van der Waals surface area contributed by atoms with Crippen molar-refractivity contribution in [3.8, 4) is 11.5 Å². The summed E-state index contributed by atoms with van der Waals surface area (Å²) in [6, 6.07) is 14.8. The molecule has 0 heterocycles. The SMILES string of the molecule is CC(=O)NCCCN(C)CC(=O)Nc1ccc(Oc2ccc(Br)cc2)cc1. The van der Waals surface area contributed by atoms with Crippen LogP contribution in [-0.2, 0) is 9.59 Å². The molecule has 0 atom stereocenters. The van der Waals surface area contributed by atoms with Gasteiger partial charge in [0.25, 0.3) is 0 Å². The highest BCUT2D eigenvalue weighted by atomic mass is 79.9. The molecule has 0 saturated carbocycles. The molecule has 144 valence electrons. The maximum Gasteiger partial charge on any atom is 0.238 e. The molecule has 2 amide bonds. The third-order valence-electron chi connectivity index (χ3n) is 3.69. The summed E-state index contributed by atoms with van der Waals surface area (Å²) in [6.07, 6.45) is 0.797. The molecule has 0 bridgehead atoms. The second kappa shape index (κ2) is 10.7. The van der Waals surface area contributed by atoms with Gasteiger partial charge in [0.1, 0.15) is 11.5 Å². The van der Waals surface area contributed by atoms with Crippen LogP contribution in [0.1, 0.15) is 13.3 Å². The number of halogens is 1. The zero-order chi connectivity index (χ0) is 19.6. The number of rotatable bonds is 9. The number of ether oxygens (including phenoxy) is 1. The molecule has 27 heavy (non-hydrogen) atoms. The van der Waals surface area contributed by atoms with E-state index in [9.17, 15) is 9.59 Å². The number of nitrogens with one attached hydrogen (secondary N) is 2. The highest BCUT2D eigenvalue weighted by molar-refractivity contribution is 9.10. The fraction of sp³-hybridized carbons (Fsp3) is 0.300. The second-order valence-electron chi connectivity index (χ2n) is 6.20. The molecular weight excluding hydrogens is 410 g/mol. The Labute approximate surface area is 168 Å². The van der Waals surface area contributed by atoms with Crippen LogP contribution in [0.5, 0.6) is 11.5 Å². The molecule has 6 nitrogen and oxygen atoms in total. The van der Waals surface area contributed by atoms with E-state index < -0.39 is 0 Å². The molecule has 2 N–H and O–H groups in total. The average Bonchev–Trinajstić information content (AvgIpc) is 2.62. The maximum absolute atomic E-state index is 12.1. The van der Waals surface area contributed by atoms with Crippen LogP contribution < -0.4 is 15.4 Å². The number of amides is 2. The van der Waals surface area contributed by atoms with Crippen molar-refractivity contribution in [2.75, 3.05) is 32.0 Å². The van der Waals surface area contributed by atoms with Crippen LogP contribution in [0.3, 0.4) is 0 Å². The molecule has 2 aromatic carbocycles. The van der Waals surface area contributed by atoms with E-state index in [-0.39, 0.29) is 18.4 Å². The van der Waals surface area contributed by atoms with Crippen molar-refractivity contribution < 1.29 is 14.3 Å². The lowest BCUT2D eigenvalue weighted by Gasteiger charge is -2.16. The van der Waals surface area contributed by atoms with Crippen LogP contribution in [0.15, 0.2) is 53.0 Å². The molecule has 0 saturated heterocycles. The Kier molecular flexibility index (Phi) is 8.29. The van der Waals surface area contributed by atoms with Gasteiger partial charge in [-0.2, -0.15) is 0 Å². The predicted molar refractivity (Wildman–Crippen MR) is 110 cm³/mol. The van der Waals surface area contributed by atoms with Gasteiger partial charge < -0.3 is 15.4 Å². The fourth-order valence-corrected chi connectivity index (χ4v) is 2.65. The average molecular weight is 434 g/mol. The van der Waals surface area contributed by atoms with E-state index in [1.54, 1.807) is 0 Å². The zero-order valence-electron chi connectivity index (χ0n) is 15.5. The Bertz CT molecular complexity index is 748. The first kappa shape index (κ1) is 20.9. The van der Waals surface area contributed by atoms with Crippen LogP contribution in [-0.4, -0.2) is 43.4 Å². The van der Waals surface area contributed by atoms with Gasteiger partial charge >= 0.3 is 0 Å². The number of carbonyl (C=O) groups excluding carboxylic acids is 2. The largest absolute Gasteiger partial charge is 0.457 e. The Balaban J connectivity index is 1.75. The van der Waals surface area contributed by atoms with Crippen molar-refractivity contribution in [1.82, 2.24) is 10.2 Å². The van der Waals surface area contributed by atoms with Crippen molar-refractivity contribution in [2.24, 2.45) is 0 Å². The number of hydrogen-bond acceptors (Lipinski definition) is 4. The Morgan fingerprint density at radius 2 is 1.63 bits per heavy atom. The van der Waals surface area contributed by atoms with E-state index in [0.29, 0.717) is 12.3 Å². The molecule has 0 spiro atoms. The van der Waals surface area contributed by atoms with Gasteiger partial charge in [0.15, 0.2) is 0 Å². The molecule has 0 fully saturated rings. The van der Waals surface area contributed by atoms with E-state index >= 15 is 0 Å². The first-order chi connectivity index (χ1) is 12.9. The third kappa shape index (κ3) is 8.23. The van der Waals surface area contributed by atoms with Crippen LogP contribution >= 0.6 is 15.9 Å². The summed E-state index contributed by atoms with van der Waals surface area (Å²) in [7, 11) is 1.88. The van der Waals surface area contributed by atoms with Crippen molar-refractivity contribution in [2.45, 2.75) is 13.3 Å². The van der Waals surface area contributed by atoms with Gasteiger partial charge in [-0.05, 0) is 62.0 Å². The highest BCUT2D eigenvalue weighted by Gasteiger charge is 2.07. The molecule has 0 aliphatic carbocycles. The summed E-state index contributed by atoms with van der Waals surface area (Å²) in [5.41, 5.74) is 0.717. The molecule has 0 aliphatic heterocycles. The van der Waals surface area contributed by atoms with E-state index in [4.69, 9.17) is 4.74 Å². The smallest absolute Gasteiger partial charge is 0.238 e. The number of nitrogens with zero attached hydrogens (tertiary/aromatic N) is 1. The summed E-state index contributed by atoms with van der Waals surface area (Å²) in [4.78, 5) is 24.8. The molecule has 2 aromatic rings. The summed E-state index contributed by atoms with van der Waals surface area (Å²) in [5, 5.41) is 5.61. The normalized spacial score (nSPS) is 10.5. The van der Waals surface area contributed by atoms with Crippen molar-refractivity contribution >= 4 is 33.4 Å². The predicted octanol–water partition coefficient (Wildman–Crippen LogP) is 3.64. The molecule has 0 unspecified atom stereocenters. The van der Waals surface area contributed by atoms with Crippen LogP contribution in [0, 0.1) is 0 Å². The number of likely N-dealkylation sites (N-methyl/N-ethyl adjacent to an activating group) is 1. The minimum absolute atomic E-state index is 0.0389. The Morgan fingerprint density at radius 1 is 1.04 bits per heavy atom. The van der Waals surface area contributed by atoms with E-state index in [0.717, 1.165) is 28.9 Å². The van der Waals surface area contributed by atoms with Gasteiger partial charge in [-0.15, -0.1) is 0 Å². The van der Waals surface area contributed by atoms with Gasteiger partial charge in [-0.1, -0.05) is 15.9 Å². The van der Waals surface area contributed by atoms with E-state index in [1.165, 1.54) is 6.92 Å². The summed E-state index contributed by atoms with van der Waals surface area (Å²) in [6.45, 7) is 3.12. The van der Waals surface area contributed by atoms with Crippen molar-refractivity contribution in [3.63, 3.8) is 0 Å². The number of anilines is 1. The molecule has 0 aromatic heterocycles. The van der Waals surface area contributed by atoms with Crippen molar-refractivity contribution in [1.29, 1.82) is 0 Å². The van der Waals surface area contributed by atoms with E-state index in [2.05, 4.69) is 26.6 Å². The summed E-state index contributed by atoms with van der Waals surface area (Å²) >= 11 is 3.39. The lowest BCUT2D eigenvalue weighted by atomic mass is 10.3. The van der Waals surface area contributed by atoms with Gasteiger partial charge in [-0.3, -0.25) is 14.5 Å². The molecule has 7 heteroatoms. The van der Waals surface area contributed by atoms with Crippen LogP contribution in [0.25, 0.3) is 0 Å². The van der Waals surface area contributed by atoms with Gasteiger partial charge in [0.2, 0.25) is 11.8 Å². The van der Waals surface area contributed by atoms with Crippen LogP contribution in [0.2, 0.25) is 0 Å². The maximum atomic E-state index is 12.1. The number of carbonyl (C=O) groups is 2. The quantitative estimate of drug-likeness (QED) is 0.592. The van der Waals surface area contributed by atoms with E-state index in [1.807, 2.05) is 60.5 Å². The monoisotopic (exact) mass is 433 g/mol. The number of benzene rings is 2. The van der Waals surface area contributed by atoms with Gasteiger partial charge in [-0.25, -0.2) is 0 Å². The van der Waals surface area contributed by atoms with Gasteiger partial charge in [0, 0.05) is 30.2 Å². The van der Waals surface area contributed by atoms with Gasteiger partial charge in [0.05, 0.1) is 6.54 Å². The lowest BCUT2D eigenvalue weighted by molar-refractivity contribution is -0.119. The number of hydrogen-bond donors (Lipinski definition) is 2. The minimum Gasteiger partial charge on any atom is -0.457 e. The van der Waals surface area contributed by atoms with Crippen molar-refractivity contribution in [3.05, 3.63) is 53.0 Å². The Hall–Kier alpha value is -2.38. The molecule has 2 rings (SSSR count). The first-order valence-corrected chi connectivity index (χ1v) is 9.48. The molecule has 0 radical (unpaired) electrons. The molecule has 0 aliphatic rings. The lowest BCUT2D eigenvalue weighted by Crippen LogP contribution is -2.32. The standard InChI is InChI=1S/C20H24BrN3O3/c1-15(25)22-12-3-13-24(2)14-20(26)23-17-6-10-19(11-7-17)27-18-8-4-16(21)5-9-18/h4-11H,3,12-14H2,1-2H3,(H,22,25)(H,23,26). The Morgan fingerprint density at radius 3 is 2.22 bits per heavy atom. The van der Waals surface area contributed by atoms with Crippen LogP contribution in [0.4, 0.5) is 5.69 Å². The third-order valence-corrected chi connectivity index (χ3v) is 4.22. The minimum atomic E-state index is -0.0846. The first-order valence-electron chi connectivity index (χ1n) is 8.68. The second-order valence-corrected chi connectivity index (χ2v) is 7.12.